The number of hydrogen-bond acceptors (Lipinski definition) is 8. The van der Waals surface area contributed by atoms with Crippen LogP contribution in [0.5, 0.6) is 11.5 Å². The van der Waals surface area contributed by atoms with Gasteiger partial charge in [0.2, 0.25) is 6.79 Å². The van der Waals surface area contributed by atoms with Gasteiger partial charge < -0.3 is 34.9 Å². The standard InChI is InChI=1S/C21H30N6O5/c1-26(2)10-15-11-27(25-24-15)8-7-16-4-5-17(20(12-28)32-16)23-21(29)22-14-3-6-18-19(9-14)31-13-30-18/h3,6,9,11,16-17,20,28H,4-5,7-8,10,12-13H2,1-2H3,(H2,22,23,29)/t16-,17+,20+/m0/s1. The molecule has 0 unspecified atom stereocenters. The summed E-state index contributed by atoms with van der Waals surface area (Å²) in [5, 5.41) is 23.8. The minimum atomic E-state index is -0.462. The lowest BCUT2D eigenvalue weighted by Gasteiger charge is -2.36. The minimum absolute atomic E-state index is 0.0105. The van der Waals surface area contributed by atoms with Gasteiger partial charge in [-0.2, -0.15) is 0 Å². The number of urea groups is 1. The average Bonchev–Trinajstić information content (AvgIpc) is 3.41. The Bertz CT molecular complexity index is 920. The summed E-state index contributed by atoms with van der Waals surface area (Å²) in [5.74, 6) is 1.25. The number of nitrogens with one attached hydrogen (secondary N) is 2. The van der Waals surface area contributed by atoms with E-state index in [2.05, 4.69) is 20.9 Å². The highest BCUT2D eigenvalue weighted by molar-refractivity contribution is 5.90. The van der Waals surface area contributed by atoms with Crippen molar-refractivity contribution in [2.45, 2.75) is 50.6 Å². The molecule has 2 aliphatic rings. The van der Waals surface area contributed by atoms with Gasteiger partial charge in [-0.1, -0.05) is 5.21 Å². The minimum Gasteiger partial charge on any atom is -0.454 e. The van der Waals surface area contributed by atoms with Gasteiger partial charge >= 0.3 is 6.03 Å². The molecule has 2 aliphatic heterocycles. The summed E-state index contributed by atoms with van der Waals surface area (Å²) >= 11 is 0. The van der Waals surface area contributed by atoms with Gasteiger partial charge in [-0.15, -0.1) is 5.10 Å². The molecule has 3 heterocycles. The zero-order valence-corrected chi connectivity index (χ0v) is 18.4. The number of carbonyl (C=O) groups is 1. The topological polar surface area (TPSA) is 123 Å². The normalized spacial score (nSPS) is 22.2. The zero-order valence-electron chi connectivity index (χ0n) is 18.4. The second-order valence-electron chi connectivity index (χ2n) is 8.33. The average molecular weight is 447 g/mol. The highest BCUT2D eigenvalue weighted by Crippen LogP contribution is 2.34. The second-order valence-corrected chi connectivity index (χ2v) is 8.33. The van der Waals surface area contributed by atoms with Crippen molar-refractivity contribution < 1.29 is 24.1 Å². The molecule has 0 saturated carbocycles. The number of aryl methyl sites for hydroxylation is 1. The number of carbonyl (C=O) groups excluding carboxylic acids is 1. The van der Waals surface area contributed by atoms with Crippen LogP contribution in [0.25, 0.3) is 0 Å². The number of fused-ring (bicyclic) bond motifs is 1. The Balaban J connectivity index is 1.24. The first-order valence-corrected chi connectivity index (χ1v) is 10.8. The van der Waals surface area contributed by atoms with Crippen molar-refractivity contribution in [3.8, 4) is 11.5 Å². The van der Waals surface area contributed by atoms with Gasteiger partial charge in [0.25, 0.3) is 0 Å². The Morgan fingerprint density at radius 3 is 2.94 bits per heavy atom. The summed E-state index contributed by atoms with van der Waals surface area (Å²) < 4.78 is 18.5. The number of aliphatic hydroxyl groups excluding tert-OH is 1. The van der Waals surface area contributed by atoms with Crippen molar-refractivity contribution in [3.63, 3.8) is 0 Å². The molecular weight excluding hydrogens is 416 g/mol. The van der Waals surface area contributed by atoms with E-state index < -0.39 is 6.10 Å². The largest absolute Gasteiger partial charge is 0.454 e. The summed E-state index contributed by atoms with van der Waals surface area (Å²) in [6, 6.07) is 4.58. The number of ether oxygens (including phenoxy) is 3. The van der Waals surface area contributed by atoms with Crippen molar-refractivity contribution in [2.24, 2.45) is 0 Å². The van der Waals surface area contributed by atoms with Crippen molar-refractivity contribution in [1.82, 2.24) is 25.2 Å². The molecule has 11 heteroatoms. The number of hydrogen-bond donors (Lipinski definition) is 3. The summed E-state index contributed by atoms with van der Waals surface area (Å²) in [6.45, 7) is 1.44. The fourth-order valence-corrected chi connectivity index (χ4v) is 3.94. The van der Waals surface area contributed by atoms with E-state index in [9.17, 15) is 9.90 Å². The Hall–Kier alpha value is -2.89. The predicted octanol–water partition coefficient (Wildman–Crippen LogP) is 1.19. The van der Waals surface area contributed by atoms with Crippen molar-refractivity contribution in [1.29, 1.82) is 0 Å². The first-order chi connectivity index (χ1) is 15.5. The molecule has 0 bridgehead atoms. The molecule has 1 aromatic carbocycles. The molecule has 4 rings (SSSR count). The molecule has 2 amide bonds. The van der Waals surface area contributed by atoms with Gasteiger partial charge in [0, 0.05) is 31.0 Å². The van der Waals surface area contributed by atoms with Crippen molar-refractivity contribution >= 4 is 11.7 Å². The highest BCUT2D eigenvalue weighted by Gasteiger charge is 2.32. The lowest BCUT2D eigenvalue weighted by Crippen LogP contribution is -2.52. The van der Waals surface area contributed by atoms with Crippen LogP contribution in [0.4, 0.5) is 10.5 Å². The van der Waals surface area contributed by atoms with E-state index in [0.717, 1.165) is 25.1 Å². The van der Waals surface area contributed by atoms with Gasteiger partial charge in [-0.25, -0.2) is 4.79 Å². The summed E-state index contributed by atoms with van der Waals surface area (Å²) in [7, 11) is 3.98. The van der Waals surface area contributed by atoms with Crippen LogP contribution in [0.1, 0.15) is 25.0 Å². The quantitative estimate of drug-likeness (QED) is 0.553. The predicted molar refractivity (Wildman–Crippen MR) is 116 cm³/mol. The first-order valence-electron chi connectivity index (χ1n) is 10.8. The summed E-state index contributed by atoms with van der Waals surface area (Å²) in [6.07, 6.45) is 3.73. The van der Waals surface area contributed by atoms with E-state index in [-0.39, 0.29) is 31.6 Å². The molecule has 3 atom stereocenters. The van der Waals surface area contributed by atoms with Gasteiger partial charge in [-0.3, -0.25) is 4.68 Å². The fourth-order valence-electron chi connectivity index (χ4n) is 3.94. The maximum absolute atomic E-state index is 12.5. The number of aromatic nitrogens is 3. The SMILES string of the molecule is CN(C)Cc1cn(CC[C@@H]2CC[C@@H](NC(=O)Nc3ccc4c(c3)OCO4)[C@@H](CO)O2)nn1. The lowest BCUT2D eigenvalue weighted by atomic mass is 9.97. The number of anilines is 1. The van der Waals surface area contributed by atoms with E-state index in [4.69, 9.17) is 14.2 Å². The number of rotatable bonds is 8. The molecule has 32 heavy (non-hydrogen) atoms. The maximum Gasteiger partial charge on any atom is 0.319 e. The van der Waals surface area contributed by atoms with Gasteiger partial charge in [0.05, 0.1) is 24.4 Å². The summed E-state index contributed by atoms with van der Waals surface area (Å²) in [4.78, 5) is 14.5. The van der Waals surface area contributed by atoms with Crippen LogP contribution in [-0.4, -0.2) is 76.8 Å². The Kier molecular flexibility index (Phi) is 7.08. The zero-order chi connectivity index (χ0) is 22.5. The van der Waals surface area contributed by atoms with Crippen LogP contribution in [0.3, 0.4) is 0 Å². The van der Waals surface area contributed by atoms with Crippen molar-refractivity contribution in [3.05, 3.63) is 30.1 Å². The molecule has 1 aromatic heterocycles. The number of aliphatic hydroxyl groups is 1. The Morgan fingerprint density at radius 1 is 1.28 bits per heavy atom. The third-order valence-electron chi connectivity index (χ3n) is 5.49. The van der Waals surface area contributed by atoms with Crippen LogP contribution in [0.2, 0.25) is 0 Å². The molecule has 1 saturated heterocycles. The van der Waals surface area contributed by atoms with E-state index in [0.29, 0.717) is 30.2 Å². The van der Waals surface area contributed by atoms with Crippen LogP contribution in [0, 0.1) is 0 Å². The number of nitrogens with zero attached hydrogens (tertiary/aromatic N) is 4. The third kappa shape index (κ3) is 5.67. The Morgan fingerprint density at radius 2 is 2.12 bits per heavy atom. The number of amides is 2. The highest BCUT2D eigenvalue weighted by atomic mass is 16.7. The molecule has 2 aromatic rings. The smallest absolute Gasteiger partial charge is 0.319 e. The fraction of sp³-hybridized carbons (Fsp3) is 0.571. The molecule has 3 N–H and O–H groups in total. The molecular formula is C21H30N6O5. The van der Waals surface area contributed by atoms with Crippen molar-refractivity contribution in [2.75, 3.05) is 32.8 Å². The van der Waals surface area contributed by atoms with E-state index in [1.807, 2.05) is 29.9 Å². The molecule has 1 fully saturated rings. The van der Waals surface area contributed by atoms with Crippen LogP contribution >= 0.6 is 0 Å². The monoisotopic (exact) mass is 446 g/mol. The molecule has 174 valence electrons. The van der Waals surface area contributed by atoms with E-state index in [1.54, 1.807) is 18.2 Å². The molecule has 0 aliphatic carbocycles. The maximum atomic E-state index is 12.5. The Labute approximate surface area is 186 Å². The summed E-state index contributed by atoms with van der Waals surface area (Å²) in [5.41, 5.74) is 1.52. The van der Waals surface area contributed by atoms with Crippen LogP contribution in [-0.2, 0) is 17.8 Å². The van der Waals surface area contributed by atoms with Crippen LogP contribution < -0.4 is 20.1 Å². The van der Waals surface area contributed by atoms with Crippen LogP contribution in [0.15, 0.2) is 24.4 Å². The third-order valence-corrected chi connectivity index (χ3v) is 5.49. The molecule has 11 nitrogen and oxygen atoms in total. The van der Waals surface area contributed by atoms with E-state index >= 15 is 0 Å². The lowest BCUT2D eigenvalue weighted by molar-refractivity contribution is -0.0905. The second kappa shape index (κ2) is 10.2. The van der Waals surface area contributed by atoms with Gasteiger partial charge in [-0.05, 0) is 45.5 Å². The number of benzene rings is 1. The molecule has 0 spiro atoms. The molecule has 0 radical (unpaired) electrons. The van der Waals surface area contributed by atoms with E-state index in [1.165, 1.54) is 0 Å². The first kappa shape index (κ1) is 22.3. The van der Waals surface area contributed by atoms with Gasteiger partial charge in [0.1, 0.15) is 6.10 Å². The van der Waals surface area contributed by atoms with Gasteiger partial charge in [0.15, 0.2) is 11.5 Å².